The highest BCUT2D eigenvalue weighted by molar-refractivity contribution is 14.0. The van der Waals surface area contributed by atoms with Gasteiger partial charge in [-0.15, -0.1) is 24.0 Å². The smallest absolute Gasteiger partial charge is 0.216 e. The summed E-state index contributed by atoms with van der Waals surface area (Å²) < 4.78 is 16.4. The predicted molar refractivity (Wildman–Crippen MR) is 133 cm³/mol. The fourth-order valence-electron chi connectivity index (χ4n) is 3.58. The lowest BCUT2D eigenvalue weighted by Gasteiger charge is -2.19. The van der Waals surface area contributed by atoms with Crippen LogP contribution in [-0.4, -0.2) is 55.7 Å². The Morgan fingerprint density at radius 1 is 1.23 bits per heavy atom. The summed E-state index contributed by atoms with van der Waals surface area (Å²) in [7, 11) is 3.35. The number of oxazole rings is 1. The first kappa shape index (κ1) is 25.3. The lowest BCUT2D eigenvalue weighted by atomic mass is 10.2. The van der Waals surface area contributed by atoms with Crippen LogP contribution in [0.15, 0.2) is 27.6 Å². The molecule has 0 radical (unpaired) electrons. The predicted octanol–water partition coefficient (Wildman–Crippen LogP) is 3.26. The van der Waals surface area contributed by atoms with E-state index in [0.29, 0.717) is 18.5 Å². The quantitative estimate of drug-likeness (QED) is 0.301. The molecule has 2 heterocycles. The molecule has 1 aliphatic rings. The van der Waals surface area contributed by atoms with Gasteiger partial charge in [-0.2, -0.15) is 0 Å². The topological polar surface area (TPSA) is 84.2 Å². The first-order chi connectivity index (χ1) is 14.5. The lowest BCUT2D eigenvalue weighted by molar-refractivity contribution is 0.321. The molecular weight excluding hydrogens is 509 g/mol. The number of benzene rings is 1. The Morgan fingerprint density at radius 3 is 2.52 bits per heavy atom. The van der Waals surface area contributed by atoms with Crippen LogP contribution in [0, 0.1) is 13.8 Å². The van der Waals surface area contributed by atoms with Crippen LogP contribution in [0.5, 0.6) is 11.5 Å². The number of hydrogen-bond donors (Lipinski definition) is 2. The average molecular weight is 543 g/mol. The summed E-state index contributed by atoms with van der Waals surface area (Å²) in [6, 6.07) is 6.36. The van der Waals surface area contributed by atoms with Crippen molar-refractivity contribution in [2.24, 2.45) is 4.99 Å². The fourth-order valence-corrected chi connectivity index (χ4v) is 3.58. The van der Waals surface area contributed by atoms with Gasteiger partial charge in [0.15, 0.2) is 5.96 Å². The van der Waals surface area contributed by atoms with Gasteiger partial charge in [0.2, 0.25) is 5.89 Å². The normalized spacial score (nSPS) is 16.7. The van der Waals surface area contributed by atoms with Crippen LogP contribution in [-0.2, 0) is 13.1 Å². The van der Waals surface area contributed by atoms with Crippen molar-refractivity contribution in [3.63, 3.8) is 0 Å². The summed E-state index contributed by atoms with van der Waals surface area (Å²) in [5.74, 6) is 3.91. The van der Waals surface area contributed by atoms with Gasteiger partial charge in [0.05, 0.1) is 19.9 Å². The van der Waals surface area contributed by atoms with Crippen molar-refractivity contribution in [2.45, 2.75) is 46.3 Å². The average Bonchev–Trinajstić information content (AvgIpc) is 3.31. The molecule has 8 nitrogen and oxygen atoms in total. The van der Waals surface area contributed by atoms with Crippen LogP contribution < -0.4 is 20.1 Å². The summed E-state index contributed by atoms with van der Waals surface area (Å²) in [5.41, 5.74) is 2.10. The number of rotatable bonds is 8. The number of nitrogens with one attached hydrogen (secondary N) is 2. The van der Waals surface area contributed by atoms with Gasteiger partial charge >= 0.3 is 0 Å². The Bertz CT molecular complexity index is 829. The van der Waals surface area contributed by atoms with E-state index in [4.69, 9.17) is 13.9 Å². The minimum absolute atomic E-state index is 0. The molecule has 172 valence electrons. The molecule has 0 saturated carbocycles. The van der Waals surface area contributed by atoms with Crippen molar-refractivity contribution < 1.29 is 13.9 Å². The highest BCUT2D eigenvalue weighted by Crippen LogP contribution is 2.24. The van der Waals surface area contributed by atoms with Crippen LogP contribution in [0.4, 0.5) is 0 Å². The Morgan fingerprint density at radius 2 is 1.94 bits per heavy atom. The van der Waals surface area contributed by atoms with Crippen molar-refractivity contribution in [3.8, 4) is 11.5 Å². The van der Waals surface area contributed by atoms with Crippen LogP contribution in [0.25, 0.3) is 0 Å². The highest BCUT2D eigenvalue weighted by Gasteiger charge is 2.23. The molecule has 1 aliphatic heterocycles. The maximum atomic E-state index is 5.63. The standard InChI is InChI=1S/C22H33N5O3.HI/c1-6-23-22(24-12-21-25-15(2)16(3)30-21)26-18-7-8-27(14-18)13-17-9-19(28-4)11-20(10-17)29-5;/h9-11,18H,6-8,12-14H2,1-5H3,(H2,23,24,26);1H. The third-order valence-electron chi connectivity index (χ3n) is 5.22. The zero-order valence-corrected chi connectivity index (χ0v) is 21.4. The second-order valence-electron chi connectivity index (χ2n) is 7.53. The van der Waals surface area contributed by atoms with E-state index < -0.39 is 0 Å². The molecule has 0 aliphatic carbocycles. The number of ether oxygens (including phenoxy) is 2. The molecule has 3 rings (SSSR count). The van der Waals surface area contributed by atoms with Gasteiger partial charge in [-0.25, -0.2) is 9.98 Å². The third kappa shape index (κ3) is 7.27. The van der Waals surface area contributed by atoms with Crippen molar-refractivity contribution in [3.05, 3.63) is 41.1 Å². The second kappa shape index (κ2) is 12.1. The highest BCUT2D eigenvalue weighted by atomic mass is 127. The Balaban J connectivity index is 0.00000341. The Kier molecular flexibility index (Phi) is 9.89. The SMILES string of the molecule is CCNC(=NCc1nc(C)c(C)o1)NC1CCN(Cc2cc(OC)cc(OC)c2)C1.I. The number of aryl methyl sites for hydroxylation is 2. The van der Waals surface area contributed by atoms with Crippen molar-refractivity contribution in [1.82, 2.24) is 20.5 Å². The van der Waals surface area contributed by atoms with E-state index in [9.17, 15) is 0 Å². The fraction of sp³-hybridized carbons (Fsp3) is 0.545. The molecule has 2 N–H and O–H groups in total. The Labute approximate surface area is 201 Å². The maximum Gasteiger partial charge on any atom is 0.216 e. The zero-order chi connectivity index (χ0) is 21.5. The molecule has 1 fully saturated rings. The molecule has 2 aromatic rings. The molecule has 0 spiro atoms. The van der Waals surface area contributed by atoms with Gasteiger partial charge < -0.3 is 24.5 Å². The second-order valence-corrected chi connectivity index (χ2v) is 7.53. The minimum atomic E-state index is 0. The van der Waals surface area contributed by atoms with Gasteiger partial charge in [0, 0.05) is 38.3 Å². The molecule has 9 heteroatoms. The van der Waals surface area contributed by atoms with Crippen LogP contribution in [0.3, 0.4) is 0 Å². The van der Waals surface area contributed by atoms with E-state index >= 15 is 0 Å². The third-order valence-corrected chi connectivity index (χ3v) is 5.22. The minimum Gasteiger partial charge on any atom is -0.497 e. The molecule has 1 aromatic heterocycles. The number of likely N-dealkylation sites (tertiary alicyclic amines) is 1. The van der Waals surface area contributed by atoms with Crippen LogP contribution in [0.2, 0.25) is 0 Å². The van der Waals surface area contributed by atoms with Crippen molar-refractivity contribution >= 4 is 29.9 Å². The van der Waals surface area contributed by atoms with Crippen molar-refractivity contribution in [2.75, 3.05) is 33.9 Å². The van der Waals surface area contributed by atoms with E-state index in [1.165, 1.54) is 5.56 Å². The summed E-state index contributed by atoms with van der Waals surface area (Å²) in [5, 5.41) is 6.86. The summed E-state index contributed by atoms with van der Waals surface area (Å²) >= 11 is 0. The van der Waals surface area contributed by atoms with E-state index in [2.05, 4.69) is 44.6 Å². The van der Waals surface area contributed by atoms with Gasteiger partial charge in [-0.05, 0) is 44.9 Å². The molecule has 1 atom stereocenters. The largest absolute Gasteiger partial charge is 0.497 e. The number of aliphatic imine (C=N–C) groups is 1. The van der Waals surface area contributed by atoms with E-state index in [0.717, 1.165) is 61.5 Å². The summed E-state index contributed by atoms with van der Waals surface area (Å²) in [4.78, 5) is 11.5. The monoisotopic (exact) mass is 543 g/mol. The van der Waals surface area contributed by atoms with E-state index in [1.54, 1.807) is 14.2 Å². The molecule has 31 heavy (non-hydrogen) atoms. The molecule has 1 unspecified atom stereocenters. The molecule has 0 amide bonds. The number of nitrogens with zero attached hydrogens (tertiary/aromatic N) is 3. The number of halogens is 1. The molecule has 1 aromatic carbocycles. The van der Waals surface area contributed by atoms with Crippen LogP contribution in [0.1, 0.15) is 36.3 Å². The first-order valence-electron chi connectivity index (χ1n) is 10.4. The number of hydrogen-bond acceptors (Lipinski definition) is 6. The Hall–Kier alpha value is -2.01. The maximum absolute atomic E-state index is 5.63. The number of aromatic nitrogens is 1. The van der Waals surface area contributed by atoms with E-state index in [-0.39, 0.29) is 24.0 Å². The molecular formula is C22H34IN5O3. The number of methoxy groups -OCH3 is 2. The van der Waals surface area contributed by atoms with Gasteiger partial charge in [0.1, 0.15) is 23.8 Å². The van der Waals surface area contributed by atoms with Crippen LogP contribution >= 0.6 is 24.0 Å². The first-order valence-corrected chi connectivity index (χ1v) is 10.4. The molecule has 0 bridgehead atoms. The van der Waals surface area contributed by atoms with Gasteiger partial charge in [-0.3, -0.25) is 4.90 Å². The van der Waals surface area contributed by atoms with Gasteiger partial charge in [-0.1, -0.05) is 0 Å². The summed E-state index contributed by atoms with van der Waals surface area (Å²) in [6.45, 7) is 9.97. The summed E-state index contributed by atoms with van der Waals surface area (Å²) in [6.07, 6.45) is 1.06. The van der Waals surface area contributed by atoms with E-state index in [1.807, 2.05) is 19.9 Å². The van der Waals surface area contributed by atoms with Crippen molar-refractivity contribution in [1.29, 1.82) is 0 Å². The lowest BCUT2D eigenvalue weighted by Crippen LogP contribution is -2.44. The molecule has 1 saturated heterocycles. The van der Waals surface area contributed by atoms with Gasteiger partial charge in [0.25, 0.3) is 0 Å². The number of guanidine groups is 1. The zero-order valence-electron chi connectivity index (χ0n) is 19.0.